The lowest BCUT2D eigenvalue weighted by Gasteiger charge is -2.20. The molecular formula is C8H10O5. The van der Waals surface area contributed by atoms with E-state index in [0.29, 0.717) is 0 Å². The van der Waals surface area contributed by atoms with Gasteiger partial charge in [0.05, 0.1) is 12.7 Å². The van der Waals surface area contributed by atoms with E-state index < -0.39 is 18.2 Å². The molecule has 13 heavy (non-hydrogen) atoms. The molecule has 1 aliphatic carbocycles. The smallest absolute Gasteiger partial charge is 0.336 e. The summed E-state index contributed by atoms with van der Waals surface area (Å²) in [5, 5.41) is 18.8. The van der Waals surface area contributed by atoms with Gasteiger partial charge in [-0.1, -0.05) is 0 Å². The van der Waals surface area contributed by atoms with Crippen LogP contribution in [0.15, 0.2) is 11.6 Å². The Labute approximate surface area is 74.6 Å². The summed E-state index contributed by atoms with van der Waals surface area (Å²) in [5.41, 5.74) is 0.0775. The summed E-state index contributed by atoms with van der Waals surface area (Å²) in [6, 6.07) is 0. The van der Waals surface area contributed by atoms with Gasteiger partial charge in [-0.25, -0.2) is 4.79 Å². The molecule has 5 heteroatoms. The van der Waals surface area contributed by atoms with Crippen molar-refractivity contribution in [2.75, 3.05) is 7.11 Å². The Morgan fingerprint density at radius 3 is 2.92 bits per heavy atom. The highest BCUT2D eigenvalue weighted by atomic mass is 16.6. The van der Waals surface area contributed by atoms with Crippen LogP contribution in [0.5, 0.6) is 0 Å². The molecule has 0 unspecified atom stereocenters. The van der Waals surface area contributed by atoms with Gasteiger partial charge in [-0.05, 0) is 6.08 Å². The van der Waals surface area contributed by atoms with E-state index in [4.69, 9.17) is 4.74 Å². The largest absolute Gasteiger partial charge is 0.466 e. The van der Waals surface area contributed by atoms with Crippen molar-refractivity contribution in [3.8, 4) is 0 Å². The second kappa shape index (κ2) is 2.80. The fourth-order valence-corrected chi connectivity index (χ4v) is 1.49. The van der Waals surface area contributed by atoms with Crippen LogP contribution in [0.3, 0.4) is 0 Å². The highest BCUT2D eigenvalue weighted by molar-refractivity contribution is 5.90. The molecule has 1 heterocycles. The standard InChI is InChI=1S/C8H10O5/c1-12-8(11)3-2-4-7(13-4)6(10)5(3)9/h2,4-7,9-10H,1H3/t4-,5+,6-,7-/m1/s1. The van der Waals surface area contributed by atoms with Gasteiger partial charge in [0, 0.05) is 0 Å². The van der Waals surface area contributed by atoms with Gasteiger partial charge in [0.25, 0.3) is 0 Å². The van der Waals surface area contributed by atoms with E-state index in [1.54, 1.807) is 0 Å². The number of hydrogen-bond donors (Lipinski definition) is 2. The van der Waals surface area contributed by atoms with E-state index in [0.717, 1.165) is 0 Å². The minimum absolute atomic E-state index is 0.0775. The predicted octanol–water partition coefficient (Wildman–Crippen LogP) is -1.41. The fourth-order valence-electron chi connectivity index (χ4n) is 1.49. The van der Waals surface area contributed by atoms with E-state index in [9.17, 15) is 15.0 Å². The number of carbonyl (C=O) groups excluding carboxylic acids is 1. The molecule has 0 aromatic heterocycles. The molecule has 5 nitrogen and oxygen atoms in total. The number of methoxy groups -OCH3 is 1. The molecule has 0 aromatic carbocycles. The number of rotatable bonds is 1. The molecule has 0 spiro atoms. The number of carbonyl (C=O) groups is 1. The van der Waals surface area contributed by atoms with Crippen molar-refractivity contribution in [3.05, 3.63) is 11.6 Å². The summed E-state index contributed by atoms with van der Waals surface area (Å²) in [5.74, 6) is -0.625. The third kappa shape index (κ3) is 1.25. The van der Waals surface area contributed by atoms with Crippen LogP contribution in [0.25, 0.3) is 0 Å². The van der Waals surface area contributed by atoms with Crippen LogP contribution in [-0.2, 0) is 14.3 Å². The molecule has 72 valence electrons. The van der Waals surface area contributed by atoms with Crippen LogP contribution in [-0.4, -0.2) is 47.7 Å². The molecule has 0 saturated carbocycles. The van der Waals surface area contributed by atoms with Crippen molar-refractivity contribution >= 4 is 5.97 Å². The molecule has 1 aliphatic heterocycles. The van der Waals surface area contributed by atoms with Gasteiger partial charge < -0.3 is 19.7 Å². The van der Waals surface area contributed by atoms with Gasteiger partial charge in [0.15, 0.2) is 0 Å². The predicted molar refractivity (Wildman–Crippen MR) is 40.8 cm³/mol. The lowest BCUT2D eigenvalue weighted by molar-refractivity contribution is -0.138. The third-order valence-corrected chi connectivity index (χ3v) is 2.31. The summed E-state index contributed by atoms with van der Waals surface area (Å²) < 4.78 is 9.43. The van der Waals surface area contributed by atoms with Crippen LogP contribution in [0, 0.1) is 0 Å². The number of epoxide rings is 1. The Hall–Kier alpha value is -0.910. The van der Waals surface area contributed by atoms with Crippen molar-refractivity contribution in [3.63, 3.8) is 0 Å². The first-order valence-corrected chi connectivity index (χ1v) is 3.96. The van der Waals surface area contributed by atoms with E-state index >= 15 is 0 Å². The zero-order valence-electron chi connectivity index (χ0n) is 7.01. The lowest BCUT2D eigenvalue weighted by atomic mass is 9.94. The zero-order chi connectivity index (χ0) is 9.59. The molecule has 1 fully saturated rings. The van der Waals surface area contributed by atoms with Gasteiger partial charge in [0.2, 0.25) is 0 Å². The van der Waals surface area contributed by atoms with Crippen molar-refractivity contribution in [1.82, 2.24) is 0 Å². The minimum atomic E-state index is -1.20. The van der Waals surface area contributed by atoms with E-state index in [-0.39, 0.29) is 17.8 Å². The summed E-state index contributed by atoms with van der Waals surface area (Å²) in [4.78, 5) is 11.1. The van der Waals surface area contributed by atoms with Gasteiger partial charge in [-0.2, -0.15) is 0 Å². The second-order valence-electron chi connectivity index (χ2n) is 3.11. The van der Waals surface area contributed by atoms with Crippen LogP contribution < -0.4 is 0 Å². The quantitative estimate of drug-likeness (QED) is 0.388. The van der Waals surface area contributed by atoms with Crippen molar-refractivity contribution in [1.29, 1.82) is 0 Å². The summed E-state index contributed by atoms with van der Waals surface area (Å²) in [6.45, 7) is 0. The van der Waals surface area contributed by atoms with E-state index in [2.05, 4.69) is 4.74 Å². The number of fused-ring (bicyclic) bond motifs is 1. The average molecular weight is 186 g/mol. The molecule has 2 aliphatic rings. The van der Waals surface area contributed by atoms with Crippen LogP contribution >= 0.6 is 0 Å². The average Bonchev–Trinajstić information content (AvgIpc) is 2.89. The Morgan fingerprint density at radius 2 is 2.31 bits per heavy atom. The fraction of sp³-hybridized carbons (Fsp3) is 0.625. The normalized spacial score (nSPS) is 41.9. The number of ether oxygens (including phenoxy) is 2. The first-order valence-electron chi connectivity index (χ1n) is 3.96. The van der Waals surface area contributed by atoms with Gasteiger partial charge in [-0.3, -0.25) is 0 Å². The van der Waals surface area contributed by atoms with Gasteiger partial charge >= 0.3 is 5.97 Å². The molecule has 2 N–H and O–H groups in total. The number of aliphatic hydroxyl groups excluding tert-OH is 2. The van der Waals surface area contributed by atoms with E-state index in [1.807, 2.05) is 0 Å². The third-order valence-electron chi connectivity index (χ3n) is 2.31. The minimum Gasteiger partial charge on any atom is -0.466 e. The number of esters is 1. The maximum absolute atomic E-state index is 11.1. The van der Waals surface area contributed by atoms with E-state index in [1.165, 1.54) is 13.2 Å². The monoisotopic (exact) mass is 186 g/mol. The lowest BCUT2D eigenvalue weighted by Crippen LogP contribution is -2.39. The molecule has 0 bridgehead atoms. The van der Waals surface area contributed by atoms with Gasteiger partial charge in [0.1, 0.15) is 24.4 Å². The molecular weight excluding hydrogens is 176 g/mol. The maximum Gasteiger partial charge on any atom is 0.336 e. The molecule has 2 rings (SSSR count). The summed E-state index contributed by atoms with van der Waals surface area (Å²) >= 11 is 0. The Kier molecular flexibility index (Phi) is 1.87. The van der Waals surface area contributed by atoms with Crippen molar-refractivity contribution in [2.45, 2.75) is 24.4 Å². The Bertz CT molecular complexity index is 272. The molecule has 0 amide bonds. The first-order chi connectivity index (χ1) is 6.15. The summed E-state index contributed by atoms with van der Waals surface area (Å²) in [6.07, 6.45) is -1.33. The van der Waals surface area contributed by atoms with Crippen LogP contribution in [0.4, 0.5) is 0 Å². The van der Waals surface area contributed by atoms with Crippen LogP contribution in [0.1, 0.15) is 0 Å². The molecule has 0 aromatic rings. The van der Waals surface area contributed by atoms with Crippen LogP contribution in [0.2, 0.25) is 0 Å². The maximum atomic E-state index is 11.1. The molecule has 0 radical (unpaired) electrons. The Morgan fingerprint density at radius 1 is 1.62 bits per heavy atom. The second-order valence-corrected chi connectivity index (χ2v) is 3.11. The number of hydrogen-bond acceptors (Lipinski definition) is 5. The summed E-state index contributed by atoms with van der Waals surface area (Å²) in [7, 11) is 1.22. The highest BCUT2D eigenvalue weighted by Crippen LogP contribution is 2.35. The molecule has 4 atom stereocenters. The zero-order valence-corrected chi connectivity index (χ0v) is 7.01. The van der Waals surface area contributed by atoms with Crippen molar-refractivity contribution < 1.29 is 24.5 Å². The first kappa shape index (κ1) is 8.68. The Balaban J connectivity index is 2.22. The topological polar surface area (TPSA) is 79.3 Å². The van der Waals surface area contributed by atoms with Crippen molar-refractivity contribution in [2.24, 2.45) is 0 Å². The molecule has 1 saturated heterocycles. The highest BCUT2D eigenvalue weighted by Gasteiger charge is 2.51. The van der Waals surface area contributed by atoms with Gasteiger partial charge in [-0.15, -0.1) is 0 Å². The number of aliphatic hydroxyl groups is 2. The SMILES string of the molecule is COC(=O)C1=C[C@H]2O[C@H]2[C@H](O)[C@H]1O.